The van der Waals surface area contributed by atoms with E-state index < -0.39 is 5.97 Å². The van der Waals surface area contributed by atoms with Crippen molar-refractivity contribution in [3.05, 3.63) is 56.6 Å². The summed E-state index contributed by atoms with van der Waals surface area (Å²) in [6.07, 6.45) is 0. The molecule has 2 N–H and O–H groups in total. The number of aromatic nitrogens is 3. The molecule has 0 spiro atoms. The van der Waals surface area contributed by atoms with Crippen LogP contribution in [-0.2, 0) is 7.05 Å². The third-order valence-electron chi connectivity index (χ3n) is 6.50. The van der Waals surface area contributed by atoms with Crippen molar-refractivity contribution in [2.24, 2.45) is 18.9 Å². The van der Waals surface area contributed by atoms with Gasteiger partial charge in [0.15, 0.2) is 5.69 Å². The molecule has 174 valence electrons. The van der Waals surface area contributed by atoms with Crippen molar-refractivity contribution in [3.8, 4) is 0 Å². The molecule has 0 radical (unpaired) electrons. The fourth-order valence-corrected chi connectivity index (χ4v) is 4.62. The number of carboxylic acid groups (broad SMARTS) is 1. The van der Waals surface area contributed by atoms with E-state index >= 15 is 0 Å². The van der Waals surface area contributed by atoms with Crippen LogP contribution < -0.4 is 15.8 Å². The lowest BCUT2D eigenvalue weighted by molar-refractivity contribution is 0.0691. The molecule has 33 heavy (non-hydrogen) atoms. The first-order valence-corrected chi connectivity index (χ1v) is 11.4. The number of nitrogens with zero attached hydrogens (tertiary/aromatic N) is 4. The molecule has 0 aliphatic carbocycles. The van der Waals surface area contributed by atoms with Gasteiger partial charge in [0.25, 0.3) is 5.56 Å². The monoisotopic (exact) mass is 469 g/mol. The number of aryl methyl sites for hydroxylation is 1. The average molecular weight is 470 g/mol. The number of halogens is 1. The highest BCUT2D eigenvalue weighted by molar-refractivity contribution is 6.29. The highest BCUT2D eigenvalue weighted by Gasteiger charge is 2.29. The van der Waals surface area contributed by atoms with Crippen LogP contribution in [0.25, 0.3) is 10.9 Å². The molecule has 4 rings (SSSR count). The Kier molecular flexibility index (Phi) is 6.05. The third-order valence-corrected chi connectivity index (χ3v) is 6.71. The number of benzene rings is 1. The quantitative estimate of drug-likeness (QED) is 0.538. The first-order chi connectivity index (χ1) is 15.6. The first-order valence-electron chi connectivity index (χ1n) is 11.0. The minimum absolute atomic E-state index is 0.0984. The molecule has 0 unspecified atom stereocenters. The average Bonchev–Trinajstić information content (AvgIpc) is 3.09. The van der Waals surface area contributed by atoms with Crippen LogP contribution in [0.15, 0.2) is 29.1 Å². The normalized spacial score (nSPS) is 19.2. The number of carboxylic acids is 1. The molecule has 1 aromatic carbocycles. The molecule has 0 amide bonds. The highest BCUT2D eigenvalue weighted by Crippen LogP contribution is 2.31. The van der Waals surface area contributed by atoms with Crippen LogP contribution in [0.1, 0.15) is 48.4 Å². The van der Waals surface area contributed by atoms with Gasteiger partial charge in [-0.3, -0.25) is 9.36 Å². The fourth-order valence-electron chi connectivity index (χ4n) is 4.47. The zero-order valence-electron chi connectivity index (χ0n) is 19.4. The standard InChI is InChI=1S/C24H28ClN5O3/c1-12-8-16(15(4)26-18-6-7-19(25)27-21(18)23(32)33)20-17(9-12)22(31)29(5)24(28-20)30-10-13(2)14(3)11-30/h6-9,13-15,26H,10-11H2,1-5H3,(H,32,33)/t13-,14-,15-/m1/s1. The number of hydrogen-bond donors (Lipinski definition) is 2. The van der Waals surface area contributed by atoms with Gasteiger partial charge in [-0.2, -0.15) is 0 Å². The van der Waals surface area contributed by atoms with E-state index in [2.05, 4.69) is 29.0 Å². The van der Waals surface area contributed by atoms with Crippen molar-refractivity contribution in [2.45, 2.75) is 33.7 Å². The van der Waals surface area contributed by atoms with Gasteiger partial charge < -0.3 is 15.3 Å². The lowest BCUT2D eigenvalue weighted by Crippen LogP contribution is -2.30. The van der Waals surface area contributed by atoms with E-state index in [0.29, 0.717) is 34.4 Å². The Morgan fingerprint density at radius 1 is 1.21 bits per heavy atom. The number of pyridine rings is 1. The maximum absolute atomic E-state index is 13.3. The molecule has 0 bridgehead atoms. The molecule has 0 saturated carbocycles. The Balaban J connectivity index is 1.82. The van der Waals surface area contributed by atoms with E-state index in [1.807, 2.05) is 26.0 Å². The van der Waals surface area contributed by atoms with Crippen molar-refractivity contribution < 1.29 is 9.90 Å². The summed E-state index contributed by atoms with van der Waals surface area (Å²) >= 11 is 5.89. The van der Waals surface area contributed by atoms with Gasteiger partial charge in [-0.25, -0.2) is 14.8 Å². The van der Waals surface area contributed by atoms with Crippen molar-refractivity contribution >= 4 is 40.1 Å². The Morgan fingerprint density at radius 2 is 1.88 bits per heavy atom. The minimum Gasteiger partial charge on any atom is -0.476 e. The summed E-state index contributed by atoms with van der Waals surface area (Å²) < 4.78 is 1.63. The molecule has 3 aromatic rings. The molecule has 3 heterocycles. The lowest BCUT2D eigenvalue weighted by Gasteiger charge is -2.23. The zero-order valence-corrected chi connectivity index (χ0v) is 20.1. The van der Waals surface area contributed by atoms with Crippen LogP contribution >= 0.6 is 11.6 Å². The zero-order chi connectivity index (χ0) is 24.0. The Hall–Kier alpha value is -3.13. The molecule has 1 aliphatic heterocycles. The molecule has 8 nitrogen and oxygen atoms in total. The highest BCUT2D eigenvalue weighted by atomic mass is 35.5. The van der Waals surface area contributed by atoms with Crippen molar-refractivity contribution in [1.82, 2.24) is 14.5 Å². The summed E-state index contributed by atoms with van der Waals surface area (Å²) in [5.74, 6) is 0.512. The van der Waals surface area contributed by atoms with E-state index in [-0.39, 0.29) is 22.4 Å². The Bertz CT molecular complexity index is 1300. The van der Waals surface area contributed by atoms with Gasteiger partial charge in [-0.05, 0) is 49.4 Å². The second-order valence-electron chi connectivity index (χ2n) is 9.09. The van der Waals surface area contributed by atoms with Crippen LogP contribution in [0, 0.1) is 18.8 Å². The number of nitrogens with one attached hydrogen (secondary N) is 1. The van der Waals surface area contributed by atoms with Crippen molar-refractivity contribution in [3.63, 3.8) is 0 Å². The second kappa shape index (κ2) is 8.67. The van der Waals surface area contributed by atoms with Gasteiger partial charge in [0.05, 0.1) is 22.6 Å². The predicted molar refractivity (Wildman–Crippen MR) is 131 cm³/mol. The molecular weight excluding hydrogens is 442 g/mol. The summed E-state index contributed by atoms with van der Waals surface area (Å²) in [4.78, 5) is 36.0. The molecule has 1 aliphatic rings. The summed E-state index contributed by atoms with van der Waals surface area (Å²) in [7, 11) is 1.76. The largest absolute Gasteiger partial charge is 0.476 e. The molecule has 1 fully saturated rings. The van der Waals surface area contributed by atoms with Gasteiger partial charge in [-0.1, -0.05) is 31.5 Å². The number of anilines is 2. The fraction of sp³-hybridized carbons (Fsp3) is 0.417. The van der Waals surface area contributed by atoms with Crippen molar-refractivity contribution in [1.29, 1.82) is 0 Å². The smallest absolute Gasteiger partial charge is 0.356 e. The van der Waals surface area contributed by atoms with Crippen LogP contribution in [0.3, 0.4) is 0 Å². The number of rotatable bonds is 5. The van der Waals surface area contributed by atoms with E-state index in [1.165, 1.54) is 0 Å². The van der Waals surface area contributed by atoms with E-state index in [1.54, 1.807) is 23.7 Å². The van der Waals surface area contributed by atoms with Crippen LogP contribution in [0.4, 0.5) is 11.6 Å². The number of fused-ring (bicyclic) bond motifs is 1. The lowest BCUT2D eigenvalue weighted by atomic mass is 10.0. The van der Waals surface area contributed by atoms with Gasteiger partial charge in [-0.15, -0.1) is 0 Å². The van der Waals surface area contributed by atoms with Crippen LogP contribution in [0.5, 0.6) is 0 Å². The summed E-state index contributed by atoms with van der Waals surface area (Å²) in [6.45, 7) is 9.96. The van der Waals surface area contributed by atoms with Gasteiger partial charge in [0.2, 0.25) is 5.95 Å². The third kappa shape index (κ3) is 4.27. The number of carbonyl (C=O) groups is 1. The van der Waals surface area contributed by atoms with E-state index in [4.69, 9.17) is 16.6 Å². The second-order valence-corrected chi connectivity index (χ2v) is 9.47. The van der Waals surface area contributed by atoms with Gasteiger partial charge in [0, 0.05) is 25.7 Å². The van der Waals surface area contributed by atoms with Crippen LogP contribution in [-0.4, -0.2) is 38.7 Å². The van der Waals surface area contributed by atoms with Crippen LogP contribution in [0.2, 0.25) is 5.15 Å². The van der Waals surface area contributed by atoms with Gasteiger partial charge >= 0.3 is 5.97 Å². The Labute approximate surface area is 197 Å². The van der Waals surface area contributed by atoms with E-state index in [9.17, 15) is 14.7 Å². The maximum Gasteiger partial charge on any atom is 0.356 e. The van der Waals surface area contributed by atoms with Gasteiger partial charge in [0.1, 0.15) is 5.15 Å². The molecule has 9 heteroatoms. The Morgan fingerprint density at radius 3 is 2.52 bits per heavy atom. The predicted octanol–water partition coefficient (Wildman–Crippen LogP) is 4.25. The summed E-state index contributed by atoms with van der Waals surface area (Å²) in [5.41, 5.74) is 2.45. The molecular formula is C24H28ClN5O3. The minimum atomic E-state index is -1.17. The van der Waals surface area contributed by atoms with E-state index in [0.717, 1.165) is 24.2 Å². The molecule has 3 atom stereocenters. The summed E-state index contributed by atoms with van der Waals surface area (Å²) in [5, 5.41) is 13.4. The summed E-state index contributed by atoms with van der Waals surface area (Å²) in [6, 6.07) is 6.64. The maximum atomic E-state index is 13.3. The number of aromatic carboxylic acids is 1. The number of hydrogen-bond acceptors (Lipinski definition) is 6. The van der Waals surface area contributed by atoms with Crippen molar-refractivity contribution in [2.75, 3.05) is 23.3 Å². The molecule has 2 aromatic heterocycles. The topological polar surface area (TPSA) is 100 Å². The SMILES string of the molecule is Cc1cc([C@@H](C)Nc2ccc(Cl)nc2C(=O)O)c2nc(N3C[C@@H](C)[C@H](C)C3)n(C)c(=O)c2c1. The first kappa shape index (κ1) is 23.0. The molecule has 1 saturated heterocycles.